The van der Waals surface area contributed by atoms with E-state index in [1.807, 2.05) is 30.3 Å². The zero-order chi connectivity index (χ0) is 12.4. The topological polar surface area (TPSA) is 40.5 Å². The van der Waals surface area contributed by atoms with E-state index in [0.717, 1.165) is 5.56 Å². The summed E-state index contributed by atoms with van der Waals surface area (Å²) in [6, 6.07) is 9.78. The van der Waals surface area contributed by atoms with Crippen molar-refractivity contribution < 1.29 is 9.90 Å². The van der Waals surface area contributed by atoms with Gasteiger partial charge < -0.3 is 10.0 Å². The Balaban J connectivity index is 2.26. The molecule has 1 amide bonds. The van der Waals surface area contributed by atoms with Crippen LogP contribution in [0.1, 0.15) is 24.9 Å². The lowest BCUT2D eigenvalue weighted by molar-refractivity contribution is -0.128. The predicted molar refractivity (Wildman–Crippen MR) is 66.3 cm³/mol. The number of β-amino-alcohol motifs (C(OH)–C–C–N with tert-alkyl or cyclic N) is 1. The molecule has 1 aliphatic rings. The van der Waals surface area contributed by atoms with Crippen LogP contribution in [-0.2, 0) is 4.79 Å². The van der Waals surface area contributed by atoms with Gasteiger partial charge in [0.2, 0.25) is 5.91 Å². The summed E-state index contributed by atoms with van der Waals surface area (Å²) in [7, 11) is 0. The van der Waals surface area contributed by atoms with Gasteiger partial charge in [-0.05, 0) is 18.9 Å². The highest BCUT2D eigenvalue weighted by molar-refractivity contribution is 5.92. The normalized spacial score (nSPS) is 23.8. The molecule has 0 aliphatic carbocycles. The maximum Gasteiger partial charge on any atom is 0.249 e. The van der Waals surface area contributed by atoms with Gasteiger partial charge in [-0.2, -0.15) is 0 Å². The van der Waals surface area contributed by atoms with Gasteiger partial charge in [0, 0.05) is 12.1 Å². The SMILES string of the molecule is C=C(C)C(=O)N1CC(O)C[C@@H]1c1ccccc1. The van der Waals surface area contributed by atoms with Gasteiger partial charge in [0.1, 0.15) is 0 Å². The average molecular weight is 231 g/mol. The first-order valence-corrected chi connectivity index (χ1v) is 5.79. The van der Waals surface area contributed by atoms with Gasteiger partial charge in [-0.1, -0.05) is 36.9 Å². The van der Waals surface area contributed by atoms with Crippen LogP contribution in [0.25, 0.3) is 0 Å². The summed E-state index contributed by atoms with van der Waals surface area (Å²) in [4.78, 5) is 13.7. The van der Waals surface area contributed by atoms with Crippen molar-refractivity contribution in [1.29, 1.82) is 0 Å². The number of hydrogen-bond acceptors (Lipinski definition) is 2. The Morgan fingerprint density at radius 3 is 2.65 bits per heavy atom. The van der Waals surface area contributed by atoms with Crippen LogP contribution in [0.3, 0.4) is 0 Å². The molecular weight excluding hydrogens is 214 g/mol. The van der Waals surface area contributed by atoms with Crippen molar-refractivity contribution in [2.24, 2.45) is 0 Å². The maximum atomic E-state index is 12.0. The number of hydrogen-bond donors (Lipinski definition) is 1. The molecule has 1 aliphatic heterocycles. The Kier molecular flexibility index (Phi) is 3.29. The average Bonchev–Trinajstić information content (AvgIpc) is 2.71. The molecule has 1 heterocycles. The quantitative estimate of drug-likeness (QED) is 0.790. The molecule has 0 bridgehead atoms. The van der Waals surface area contributed by atoms with Gasteiger partial charge in [0.25, 0.3) is 0 Å². The Morgan fingerprint density at radius 2 is 2.06 bits per heavy atom. The first kappa shape index (κ1) is 11.9. The first-order chi connectivity index (χ1) is 8.09. The van der Waals surface area contributed by atoms with Crippen molar-refractivity contribution in [2.45, 2.75) is 25.5 Å². The summed E-state index contributed by atoms with van der Waals surface area (Å²) in [6.45, 7) is 5.78. The van der Waals surface area contributed by atoms with Crippen molar-refractivity contribution in [1.82, 2.24) is 4.90 Å². The second-order valence-electron chi connectivity index (χ2n) is 4.55. The monoisotopic (exact) mass is 231 g/mol. The number of likely N-dealkylation sites (tertiary alicyclic amines) is 1. The number of nitrogens with zero attached hydrogens (tertiary/aromatic N) is 1. The molecule has 0 radical (unpaired) electrons. The van der Waals surface area contributed by atoms with Gasteiger partial charge in [-0.15, -0.1) is 0 Å². The van der Waals surface area contributed by atoms with E-state index in [2.05, 4.69) is 6.58 Å². The highest BCUT2D eigenvalue weighted by Crippen LogP contribution is 2.32. The summed E-state index contributed by atoms with van der Waals surface area (Å²) in [5.41, 5.74) is 1.58. The molecule has 17 heavy (non-hydrogen) atoms. The number of benzene rings is 1. The standard InChI is InChI=1S/C14H17NO2/c1-10(2)14(17)15-9-12(16)8-13(15)11-6-4-3-5-7-11/h3-7,12-13,16H,1,8-9H2,2H3/t12?,13-/m1/s1. The van der Waals surface area contributed by atoms with E-state index >= 15 is 0 Å². The molecule has 2 rings (SSSR count). The van der Waals surface area contributed by atoms with Crippen molar-refractivity contribution in [2.75, 3.05) is 6.54 Å². The van der Waals surface area contributed by atoms with E-state index < -0.39 is 6.10 Å². The van der Waals surface area contributed by atoms with Crippen LogP contribution >= 0.6 is 0 Å². The van der Waals surface area contributed by atoms with E-state index in [4.69, 9.17) is 0 Å². The summed E-state index contributed by atoms with van der Waals surface area (Å²) in [5.74, 6) is -0.0737. The summed E-state index contributed by atoms with van der Waals surface area (Å²) in [5, 5.41) is 9.74. The minimum Gasteiger partial charge on any atom is -0.391 e. The number of carbonyl (C=O) groups is 1. The smallest absolute Gasteiger partial charge is 0.249 e. The zero-order valence-corrected chi connectivity index (χ0v) is 9.97. The highest BCUT2D eigenvalue weighted by Gasteiger charge is 2.35. The van der Waals surface area contributed by atoms with Gasteiger partial charge in [-0.3, -0.25) is 4.79 Å². The molecule has 0 spiro atoms. The van der Waals surface area contributed by atoms with Gasteiger partial charge in [0.15, 0.2) is 0 Å². The van der Waals surface area contributed by atoms with Crippen LogP contribution in [0.4, 0.5) is 0 Å². The number of aliphatic hydroxyl groups excluding tert-OH is 1. The fourth-order valence-electron chi connectivity index (χ4n) is 2.27. The molecule has 1 unspecified atom stereocenters. The third-order valence-electron chi connectivity index (χ3n) is 3.09. The van der Waals surface area contributed by atoms with E-state index in [1.54, 1.807) is 11.8 Å². The van der Waals surface area contributed by atoms with E-state index in [0.29, 0.717) is 18.5 Å². The molecule has 1 fully saturated rings. The Labute approximate surface area is 101 Å². The Morgan fingerprint density at radius 1 is 1.41 bits per heavy atom. The first-order valence-electron chi connectivity index (χ1n) is 5.79. The number of rotatable bonds is 2. The third kappa shape index (κ3) is 2.39. The van der Waals surface area contributed by atoms with Crippen molar-refractivity contribution in [3.8, 4) is 0 Å². The van der Waals surface area contributed by atoms with Crippen LogP contribution in [0, 0.1) is 0 Å². The van der Waals surface area contributed by atoms with E-state index in [1.165, 1.54) is 0 Å². The van der Waals surface area contributed by atoms with Gasteiger partial charge in [0.05, 0.1) is 12.1 Å². The van der Waals surface area contributed by atoms with Crippen LogP contribution in [-0.4, -0.2) is 28.6 Å². The molecule has 1 aromatic rings. The molecule has 0 saturated carbocycles. The second kappa shape index (κ2) is 4.72. The Hall–Kier alpha value is -1.61. The fourth-order valence-corrected chi connectivity index (χ4v) is 2.27. The number of amides is 1. The minimum absolute atomic E-state index is 0.0320. The summed E-state index contributed by atoms with van der Waals surface area (Å²) in [6.07, 6.45) is 0.159. The van der Waals surface area contributed by atoms with E-state index in [9.17, 15) is 9.90 Å². The lowest BCUT2D eigenvalue weighted by atomic mass is 10.0. The third-order valence-corrected chi connectivity index (χ3v) is 3.09. The van der Waals surface area contributed by atoms with Crippen molar-refractivity contribution in [3.63, 3.8) is 0 Å². The predicted octanol–water partition coefficient (Wildman–Crippen LogP) is 1.90. The van der Waals surface area contributed by atoms with Crippen LogP contribution < -0.4 is 0 Å². The molecule has 3 heteroatoms. The molecule has 2 atom stereocenters. The molecule has 1 N–H and O–H groups in total. The van der Waals surface area contributed by atoms with Crippen LogP contribution in [0.5, 0.6) is 0 Å². The molecule has 90 valence electrons. The highest BCUT2D eigenvalue weighted by atomic mass is 16.3. The minimum atomic E-state index is -0.441. The van der Waals surface area contributed by atoms with Crippen LogP contribution in [0.15, 0.2) is 42.5 Å². The Bertz CT molecular complexity index is 427. The largest absolute Gasteiger partial charge is 0.391 e. The maximum absolute atomic E-state index is 12.0. The number of carbonyl (C=O) groups excluding carboxylic acids is 1. The summed E-state index contributed by atoms with van der Waals surface area (Å²) >= 11 is 0. The summed E-state index contributed by atoms with van der Waals surface area (Å²) < 4.78 is 0. The lowest BCUT2D eigenvalue weighted by Crippen LogP contribution is -2.32. The van der Waals surface area contributed by atoms with Crippen molar-refractivity contribution >= 4 is 5.91 Å². The van der Waals surface area contributed by atoms with Crippen LogP contribution in [0.2, 0.25) is 0 Å². The van der Waals surface area contributed by atoms with Gasteiger partial charge >= 0.3 is 0 Å². The van der Waals surface area contributed by atoms with E-state index in [-0.39, 0.29) is 11.9 Å². The fraction of sp³-hybridized carbons (Fsp3) is 0.357. The lowest BCUT2D eigenvalue weighted by Gasteiger charge is -2.24. The zero-order valence-electron chi connectivity index (χ0n) is 9.97. The molecule has 0 aromatic heterocycles. The number of aliphatic hydroxyl groups is 1. The molecule has 3 nitrogen and oxygen atoms in total. The second-order valence-corrected chi connectivity index (χ2v) is 4.55. The molecule has 1 aromatic carbocycles. The van der Waals surface area contributed by atoms with Gasteiger partial charge in [-0.25, -0.2) is 0 Å². The molecular formula is C14H17NO2. The van der Waals surface area contributed by atoms with Crippen molar-refractivity contribution in [3.05, 3.63) is 48.0 Å². The molecule has 1 saturated heterocycles.